The van der Waals surface area contributed by atoms with E-state index in [0.717, 1.165) is 22.4 Å². The lowest BCUT2D eigenvalue weighted by Gasteiger charge is -2.14. The zero-order chi connectivity index (χ0) is 21.7. The van der Waals surface area contributed by atoms with E-state index in [9.17, 15) is 9.59 Å². The second-order valence-corrected chi connectivity index (χ2v) is 7.81. The highest BCUT2D eigenvalue weighted by atomic mass is 16.1. The number of aryl methyl sites for hydroxylation is 2. The Kier molecular flexibility index (Phi) is 4.32. The minimum absolute atomic E-state index is 0.161. The lowest BCUT2D eigenvalue weighted by atomic mass is 10.1. The molecule has 154 valence electrons. The van der Waals surface area contributed by atoms with Gasteiger partial charge in [0.1, 0.15) is 0 Å². The average molecular weight is 411 g/mol. The molecule has 1 atom stereocenters. The van der Waals surface area contributed by atoms with Crippen molar-refractivity contribution >= 4 is 16.6 Å². The van der Waals surface area contributed by atoms with Crippen molar-refractivity contribution in [3.05, 3.63) is 98.5 Å². The normalized spacial score (nSPS) is 12.5. The molecule has 7 heteroatoms. The van der Waals surface area contributed by atoms with Crippen LogP contribution < -0.4 is 11.1 Å². The van der Waals surface area contributed by atoms with Crippen molar-refractivity contribution in [1.82, 2.24) is 24.1 Å². The second kappa shape index (κ2) is 7.05. The Morgan fingerprint density at radius 3 is 2.61 bits per heavy atom. The van der Waals surface area contributed by atoms with Gasteiger partial charge in [-0.15, -0.1) is 0 Å². The lowest BCUT2D eigenvalue weighted by molar-refractivity contribution is 0.591. The van der Waals surface area contributed by atoms with Crippen molar-refractivity contribution < 1.29 is 0 Å². The van der Waals surface area contributed by atoms with E-state index in [1.165, 1.54) is 21.5 Å². The summed E-state index contributed by atoms with van der Waals surface area (Å²) in [5, 5.41) is 3.71. The molecule has 0 radical (unpaired) electrons. The van der Waals surface area contributed by atoms with Crippen LogP contribution in [-0.2, 0) is 0 Å². The fraction of sp³-hybridized carbons (Fsp3) is 0.167. The molecule has 1 N–H and O–H groups in total. The molecule has 0 bridgehead atoms. The van der Waals surface area contributed by atoms with Gasteiger partial charge in [0.05, 0.1) is 34.7 Å². The maximum absolute atomic E-state index is 13.0. The molecule has 0 aliphatic rings. The Labute approximate surface area is 177 Å². The fourth-order valence-electron chi connectivity index (χ4n) is 3.96. The monoisotopic (exact) mass is 411 g/mol. The molecule has 0 spiro atoms. The molecule has 0 aliphatic heterocycles. The van der Waals surface area contributed by atoms with Gasteiger partial charge in [0.15, 0.2) is 5.65 Å². The van der Waals surface area contributed by atoms with Gasteiger partial charge in [-0.25, -0.2) is 14.5 Å². The van der Waals surface area contributed by atoms with E-state index in [1.54, 1.807) is 12.1 Å². The van der Waals surface area contributed by atoms with Gasteiger partial charge in [-0.1, -0.05) is 35.9 Å². The molecule has 3 aromatic heterocycles. The average Bonchev–Trinajstić information content (AvgIpc) is 3.11. The number of aromatic amines is 1. The van der Waals surface area contributed by atoms with Crippen molar-refractivity contribution in [1.29, 1.82) is 0 Å². The van der Waals surface area contributed by atoms with Crippen molar-refractivity contribution in [2.75, 3.05) is 0 Å². The van der Waals surface area contributed by atoms with Gasteiger partial charge in [-0.05, 0) is 39.0 Å². The molecule has 2 aromatic carbocycles. The first kappa shape index (κ1) is 19.0. The Balaban J connectivity index is 1.66. The quantitative estimate of drug-likeness (QED) is 0.491. The van der Waals surface area contributed by atoms with Crippen molar-refractivity contribution in [2.24, 2.45) is 0 Å². The van der Waals surface area contributed by atoms with E-state index < -0.39 is 6.04 Å². The predicted molar refractivity (Wildman–Crippen MR) is 121 cm³/mol. The van der Waals surface area contributed by atoms with Crippen LogP contribution in [-0.4, -0.2) is 24.1 Å². The Bertz CT molecular complexity index is 1580. The lowest BCUT2D eigenvalue weighted by Crippen LogP contribution is -2.26. The first-order valence-corrected chi connectivity index (χ1v) is 10.1. The molecular formula is C24H21N5O2. The number of fused-ring (bicyclic) bond motifs is 2. The largest absolute Gasteiger partial charge is 0.290 e. The van der Waals surface area contributed by atoms with Gasteiger partial charge in [-0.3, -0.25) is 19.3 Å². The Morgan fingerprint density at radius 2 is 1.81 bits per heavy atom. The molecule has 0 fully saturated rings. The van der Waals surface area contributed by atoms with E-state index >= 15 is 0 Å². The Hall–Kier alpha value is -4.00. The molecule has 0 unspecified atom stereocenters. The summed E-state index contributed by atoms with van der Waals surface area (Å²) in [6.45, 7) is 5.81. The minimum Gasteiger partial charge on any atom is -0.290 e. The highest BCUT2D eigenvalue weighted by Gasteiger charge is 2.18. The van der Waals surface area contributed by atoms with Gasteiger partial charge in [0.25, 0.3) is 11.1 Å². The summed E-state index contributed by atoms with van der Waals surface area (Å²) >= 11 is 0. The number of benzene rings is 2. The first-order chi connectivity index (χ1) is 14.9. The number of aromatic nitrogens is 5. The van der Waals surface area contributed by atoms with Gasteiger partial charge >= 0.3 is 0 Å². The summed E-state index contributed by atoms with van der Waals surface area (Å²) in [5.74, 6) is 0. The summed E-state index contributed by atoms with van der Waals surface area (Å²) in [5.41, 5.74) is 5.17. The standard InChI is InChI=1S/C24H21N5O2/c1-14-7-6-8-17(11-14)22-15(2)23-26-20(12-21(30)29(23)27-22)16(3)28-13-25-19-10-5-4-9-18(19)24(28)31/h4-13,16,27H,1-3H3/t16-/m1/s1. The van der Waals surface area contributed by atoms with Crippen LogP contribution >= 0.6 is 0 Å². The van der Waals surface area contributed by atoms with Gasteiger partial charge in [-0.2, -0.15) is 0 Å². The van der Waals surface area contributed by atoms with Crippen LogP contribution in [0.3, 0.4) is 0 Å². The number of hydrogen-bond acceptors (Lipinski definition) is 4. The van der Waals surface area contributed by atoms with E-state index in [4.69, 9.17) is 4.98 Å². The molecule has 0 aliphatic carbocycles. The molecular weight excluding hydrogens is 390 g/mol. The van der Waals surface area contributed by atoms with Gasteiger partial charge in [0, 0.05) is 17.2 Å². The van der Waals surface area contributed by atoms with Crippen LogP contribution in [0.1, 0.15) is 29.8 Å². The number of para-hydroxylation sites is 1. The highest BCUT2D eigenvalue weighted by Crippen LogP contribution is 2.25. The summed E-state index contributed by atoms with van der Waals surface area (Å²) in [6, 6.07) is 16.3. The zero-order valence-corrected chi connectivity index (χ0v) is 17.5. The summed E-state index contributed by atoms with van der Waals surface area (Å²) < 4.78 is 2.97. The SMILES string of the molecule is Cc1cccc(-c2[nH]n3c(=O)cc([C@@H](C)n4cnc5ccccc5c4=O)nc3c2C)c1. The number of H-pyrrole nitrogens is 1. The topological polar surface area (TPSA) is 85.0 Å². The zero-order valence-electron chi connectivity index (χ0n) is 17.5. The third-order valence-electron chi connectivity index (χ3n) is 5.71. The van der Waals surface area contributed by atoms with Gasteiger partial charge < -0.3 is 0 Å². The van der Waals surface area contributed by atoms with E-state index in [0.29, 0.717) is 22.2 Å². The van der Waals surface area contributed by atoms with Crippen LogP contribution in [0.25, 0.3) is 27.8 Å². The highest BCUT2D eigenvalue weighted by molar-refractivity contribution is 5.77. The molecule has 31 heavy (non-hydrogen) atoms. The van der Waals surface area contributed by atoms with Gasteiger partial charge in [0.2, 0.25) is 0 Å². The Morgan fingerprint density at radius 1 is 1.00 bits per heavy atom. The maximum Gasteiger partial charge on any atom is 0.272 e. The van der Waals surface area contributed by atoms with Crippen LogP contribution in [0, 0.1) is 13.8 Å². The molecule has 5 aromatic rings. The molecule has 5 rings (SSSR count). The fourth-order valence-corrected chi connectivity index (χ4v) is 3.96. The molecule has 7 nitrogen and oxygen atoms in total. The van der Waals surface area contributed by atoms with Crippen LogP contribution in [0.4, 0.5) is 0 Å². The van der Waals surface area contributed by atoms with Crippen molar-refractivity contribution in [3.63, 3.8) is 0 Å². The number of nitrogens with zero attached hydrogens (tertiary/aromatic N) is 4. The number of hydrogen-bond donors (Lipinski definition) is 1. The number of nitrogens with one attached hydrogen (secondary N) is 1. The van der Waals surface area contributed by atoms with Crippen LogP contribution in [0.5, 0.6) is 0 Å². The molecule has 0 saturated carbocycles. The predicted octanol–water partition coefficient (Wildman–Crippen LogP) is 3.63. The van der Waals surface area contributed by atoms with Crippen molar-refractivity contribution in [2.45, 2.75) is 26.8 Å². The third-order valence-corrected chi connectivity index (χ3v) is 5.71. The summed E-state index contributed by atoms with van der Waals surface area (Å²) in [6.07, 6.45) is 1.51. The van der Waals surface area contributed by atoms with E-state index in [2.05, 4.69) is 16.1 Å². The minimum atomic E-state index is -0.445. The molecule has 0 saturated heterocycles. The molecule has 0 amide bonds. The first-order valence-electron chi connectivity index (χ1n) is 10.1. The van der Waals surface area contributed by atoms with Crippen LogP contribution in [0.15, 0.2) is 70.5 Å². The smallest absolute Gasteiger partial charge is 0.272 e. The number of rotatable bonds is 3. The maximum atomic E-state index is 13.0. The third kappa shape index (κ3) is 3.06. The summed E-state index contributed by atoms with van der Waals surface area (Å²) in [4.78, 5) is 35.0. The van der Waals surface area contributed by atoms with Crippen LogP contribution in [0.2, 0.25) is 0 Å². The van der Waals surface area contributed by atoms with E-state index in [1.807, 2.05) is 51.1 Å². The van der Waals surface area contributed by atoms with Crippen molar-refractivity contribution in [3.8, 4) is 11.3 Å². The second-order valence-electron chi connectivity index (χ2n) is 7.81. The molecule has 3 heterocycles. The van der Waals surface area contributed by atoms with E-state index in [-0.39, 0.29) is 11.1 Å². The summed E-state index contributed by atoms with van der Waals surface area (Å²) in [7, 11) is 0.